The molecule has 0 atom stereocenters. The highest BCUT2D eigenvalue weighted by molar-refractivity contribution is 14.1. The lowest BCUT2D eigenvalue weighted by atomic mass is 10.1. The SMILES string of the molecule is COCCNS(=O)(=O)c1ccc(C)c(C(=O)Nc2ccc(I)cc2)c1. The first-order valence-electron chi connectivity index (χ1n) is 7.49. The molecule has 6 nitrogen and oxygen atoms in total. The highest BCUT2D eigenvalue weighted by Crippen LogP contribution is 2.18. The molecule has 0 saturated carbocycles. The second kappa shape index (κ2) is 8.75. The van der Waals surface area contributed by atoms with Crippen LogP contribution in [-0.2, 0) is 14.8 Å². The Kier molecular flexibility index (Phi) is 6.94. The zero-order valence-electron chi connectivity index (χ0n) is 13.9. The fourth-order valence-electron chi connectivity index (χ4n) is 2.11. The molecule has 1 amide bonds. The molecule has 134 valence electrons. The molecule has 25 heavy (non-hydrogen) atoms. The van der Waals surface area contributed by atoms with Crippen LogP contribution in [-0.4, -0.2) is 34.6 Å². The van der Waals surface area contributed by atoms with Crippen LogP contribution in [0.3, 0.4) is 0 Å². The topological polar surface area (TPSA) is 84.5 Å². The summed E-state index contributed by atoms with van der Waals surface area (Å²) in [4.78, 5) is 12.6. The van der Waals surface area contributed by atoms with Gasteiger partial charge in [0.2, 0.25) is 10.0 Å². The number of amides is 1. The number of ether oxygens (including phenoxy) is 1. The molecular formula is C17H19IN2O4S. The molecule has 0 spiro atoms. The predicted octanol–water partition coefficient (Wildman–Crippen LogP) is 2.78. The second-order valence-electron chi connectivity index (χ2n) is 5.33. The van der Waals surface area contributed by atoms with Gasteiger partial charge in [0, 0.05) is 28.5 Å². The lowest BCUT2D eigenvalue weighted by molar-refractivity contribution is 0.102. The second-order valence-corrected chi connectivity index (χ2v) is 8.34. The van der Waals surface area contributed by atoms with Crippen LogP contribution in [0.4, 0.5) is 5.69 Å². The fourth-order valence-corrected chi connectivity index (χ4v) is 3.50. The number of methoxy groups -OCH3 is 1. The molecule has 0 aliphatic carbocycles. The number of sulfonamides is 1. The van der Waals surface area contributed by atoms with Crippen LogP contribution < -0.4 is 10.0 Å². The standard InChI is InChI=1S/C17H19IN2O4S/c1-12-3-8-15(25(22,23)19-9-10-24-2)11-16(12)17(21)20-14-6-4-13(18)5-7-14/h3-8,11,19H,9-10H2,1-2H3,(H,20,21). The molecule has 0 aromatic heterocycles. The van der Waals surface area contributed by atoms with Crippen molar-refractivity contribution >= 4 is 44.2 Å². The van der Waals surface area contributed by atoms with Gasteiger partial charge in [0.15, 0.2) is 0 Å². The summed E-state index contributed by atoms with van der Waals surface area (Å²) in [5.41, 5.74) is 1.66. The predicted molar refractivity (Wildman–Crippen MR) is 105 cm³/mol. The first kappa shape index (κ1) is 19.8. The lowest BCUT2D eigenvalue weighted by Crippen LogP contribution is -2.27. The molecule has 0 radical (unpaired) electrons. The van der Waals surface area contributed by atoms with Crippen LogP contribution in [0.5, 0.6) is 0 Å². The minimum Gasteiger partial charge on any atom is -0.383 e. The van der Waals surface area contributed by atoms with E-state index in [4.69, 9.17) is 4.74 Å². The molecule has 0 saturated heterocycles. The normalized spacial score (nSPS) is 11.3. The average Bonchev–Trinajstić information content (AvgIpc) is 2.57. The third-order valence-corrected chi connectivity index (χ3v) is 5.64. The Balaban J connectivity index is 2.23. The van der Waals surface area contributed by atoms with E-state index >= 15 is 0 Å². The van der Waals surface area contributed by atoms with Crippen molar-refractivity contribution in [2.75, 3.05) is 25.6 Å². The Morgan fingerprint density at radius 2 is 1.84 bits per heavy atom. The van der Waals surface area contributed by atoms with Crippen LogP contribution in [0.2, 0.25) is 0 Å². The van der Waals surface area contributed by atoms with E-state index in [0.717, 1.165) is 3.57 Å². The van der Waals surface area contributed by atoms with Crippen LogP contribution in [0.15, 0.2) is 47.4 Å². The van der Waals surface area contributed by atoms with E-state index < -0.39 is 10.0 Å². The van der Waals surface area contributed by atoms with E-state index in [-0.39, 0.29) is 24.0 Å². The van der Waals surface area contributed by atoms with Crippen LogP contribution in [0, 0.1) is 10.5 Å². The third kappa shape index (κ3) is 5.50. The summed E-state index contributed by atoms with van der Waals surface area (Å²) >= 11 is 2.18. The van der Waals surface area contributed by atoms with Gasteiger partial charge in [-0.3, -0.25) is 4.79 Å². The van der Waals surface area contributed by atoms with Crippen molar-refractivity contribution in [3.05, 3.63) is 57.2 Å². The molecule has 0 bridgehead atoms. The quantitative estimate of drug-likeness (QED) is 0.478. The maximum atomic E-state index is 12.5. The van der Waals surface area contributed by atoms with E-state index in [1.54, 1.807) is 25.1 Å². The summed E-state index contributed by atoms with van der Waals surface area (Å²) in [7, 11) is -2.20. The Morgan fingerprint density at radius 3 is 2.48 bits per heavy atom. The molecular weight excluding hydrogens is 455 g/mol. The smallest absolute Gasteiger partial charge is 0.255 e. The number of anilines is 1. The minimum atomic E-state index is -3.69. The van der Waals surface area contributed by atoms with Crippen molar-refractivity contribution in [2.24, 2.45) is 0 Å². The Hall–Kier alpha value is -1.49. The van der Waals surface area contributed by atoms with Gasteiger partial charge in [-0.05, 0) is 71.5 Å². The van der Waals surface area contributed by atoms with Crippen LogP contribution in [0.25, 0.3) is 0 Å². The van der Waals surface area contributed by atoms with Gasteiger partial charge in [-0.15, -0.1) is 0 Å². The van der Waals surface area contributed by atoms with E-state index in [9.17, 15) is 13.2 Å². The highest BCUT2D eigenvalue weighted by Gasteiger charge is 2.18. The van der Waals surface area contributed by atoms with Crippen molar-refractivity contribution in [1.29, 1.82) is 0 Å². The van der Waals surface area contributed by atoms with E-state index in [2.05, 4.69) is 32.6 Å². The Morgan fingerprint density at radius 1 is 1.16 bits per heavy atom. The first-order valence-corrected chi connectivity index (χ1v) is 10.1. The largest absolute Gasteiger partial charge is 0.383 e. The summed E-state index contributed by atoms with van der Waals surface area (Å²) in [6.45, 7) is 2.19. The highest BCUT2D eigenvalue weighted by atomic mass is 127. The Labute approximate surface area is 161 Å². The molecule has 0 unspecified atom stereocenters. The zero-order valence-corrected chi connectivity index (χ0v) is 16.8. The number of rotatable bonds is 7. The first-order chi connectivity index (χ1) is 11.8. The van der Waals surface area contributed by atoms with Gasteiger partial charge in [0.1, 0.15) is 0 Å². The molecule has 2 N–H and O–H groups in total. The molecule has 2 aromatic carbocycles. The van der Waals surface area contributed by atoms with Crippen molar-refractivity contribution in [2.45, 2.75) is 11.8 Å². The van der Waals surface area contributed by atoms with E-state index in [1.807, 2.05) is 12.1 Å². The molecule has 2 rings (SSSR count). The van der Waals surface area contributed by atoms with E-state index in [0.29, 0.717) is 16.8 Å². The number of benzene rings is 2. The average molecular weight is 474 g/mol. The summed E-state index contributed by atoms with van der Waals surface area (Å²) in [5, 5.41) is 2.78. The molecule has 0 aliphatic heterocycles. The molecule has 8 heteroatoms. The van der Waals surface area contributed by atoms with Gasteiger partial charge in [-0.2, -0.15) is 0 Å². The van der Waals surface area contributed by atoms with Gasteiger partial charge >= 0.3 is 0 Å². The van der Waals surface area contributed by atoms with Crippen molar-refractivity contribution in [1.82, 2.24) is 4.72 Å². The van der Waals surface area contributed by atoms with Gasteiger partial charge in [-0.25, -0.2) is 13.1 Å². The van der Waals surface area contributed by atoms with Crippen molar-refractivity contribution in [3.63, 3.8) is 0 Å². The molecule has 0 aliphatic rings. The number of carbonyl (C=O) groups excluding carboxylic acids is 1. The maximum absolute atomic E-state index is 12.5. The number of hydrogen-bond donors (Lipinski definition) is 2. The lowest BCUT2D eigenvalue weighted by Gasteiger charge is -2.11. The summed E-state index contributed by atoms with van der Waals surface area (Å²) < 4.78 is 32.9. The van der Waals surface area contributed by atoms with Gasteiger partial charge in [0.25, 0.3) is 5.91 Å². The zero-order chi connectivity index (χ0) is 18.4. The van der Waals surface area contributed by atoms with Gasteiger partial charge in [0.05, 0.1) is 11.5 Å². The molecule has 0 heterocycles. The summed E-state index contributed by atoms with van der Waals surface area (Å²) in [5.74, 6) is -0.354. The molecule has 2 aromatic rings. The van der Waals surface area contributed by atoms with Crippen LogP contribution >= 0.6 is 22.6 Å². The minimum absolute atomic E-state index is 0.0435. The van der Waals surface area contributed by atoms with E-state index in [1.165, 1.54) is 19.2 Å². The fraction of sp³-hybridized carbons (Fsp3) is 0.235. The van der Waals surface area contributed by atoms with Crippen LogP contribution in [0.1, 0.15) is 15.9 Å². The third-order valence-electron chi connectivity index (χ3n) is 3.46. The van der Waals surface area contributed by atoms with Gasteiger partial charge < -0.3 is 10.1 Å². The number of carbonyl (C=O) groups is 1. The summed E-state index contributed by atoms with van der Waals surface area (Å²) in [6, 6.07) is 11.8. The number of hydrogen-bond acceptors (Lipinski definition) is 4. The van der Waals surface area contributed by atoms with Crippen molar-refractivity contribution < 1.29 is 17.9 Å². The summed E-state index contributed by atoms with van der Waals surface area (Å²) in [6.07, 6.45) is 0. The maximum Gasteiger partial charge on any atom is 0.255 e. The number of aryl methyl sites for hydroxylation is 1. The van der Waals surface area contributed by atoms with Gasteiger partial charge in [-0.1, -0.05) is 6.07 Å². The number of halogens is 1. The monoisotopic (exact) mass is 474 g/mol. The Bertz CT molecular complexity index is 851. The number of nitrogens with one attached hydrogen (secondary N) is 2. The van der Waals surface area contributed by atoms with Crippen molar-refractivity contribution in [3.8, 4) is 0 Å². The molecule has 0 fully saturated rings.